The molecule has 0 radical (unpaired) electrons. The van der Waals surface area contributed by atoms with Crippen LogP contribution in [0.15, 0.2) is 52.2 Å². The first kappa shape index (κ1) is 11.4. The number of hydrogen-bond donors (Lipinski definition) is 0. The molecular weight excluding hydrogens is 248 g/mol. The van der Waals surface area contributed by atoms with Gasteiger partial charge in [0.15, 0.2) is 11.9 Å². The molecule has 3 nitrogen and oxygen atoms in total. The number of para-hydroxylation sites is 1. The molecule has 0 N–H and O–H groups in total. The monoisotopic (exact) mass is 260 g/mol. The first-order valence-corrected chi connectivity index (χ1v) is 6.74. The van der Waals surface area contributed by atoms with E-state index >= 15 is 0 Å². The molecule has 0 saturated carbocycles. The Balaban J connectivity index is 1.70. The van der Waals surface area contributed by atoms with Crippen molar-refractivity contribution in [2.24, 2.45) is 0 Å². The van der Waals surface area contributed by atoms with Gasteiger partial charge in [0.1, 0.15) is 5.75 Å². The summed E-state index contributed by atoms with van der Waals surface area (Å²) in [6.07, 6.45) is 3.18. The van der Waals surface area contributed by atoms with Crippen molar-refractivity contribution in [1.82, 2.24) is 0 Å². The van der Waals surface area contributed by atoms with Gasteiger partial charge in [0.25, 0.3) is 0 Å². The van der Waals surface area contributed by atoms with E-state index in [0.29, 0.717) is 12.2 Å². The van der Waals surface area contributed by atoms with E-state index in [1.54, 1.807) is 24.3 Å². The summed E-state index contributed by atoms with van der Waals surface area (Å²) in [6, 6.07) is 9.61. The van der Waals surface area contributed by atoms with Gasteiger partial charge in [0, 0.05) is 17.1 Å². The summed E-state index contributed by atoms with van der Waals surface area (Å²) in [5.41, 5.74) is 0.896. The number of ether oxygens (including phenoxy) is 1. The number of thioether (sulfide) groups is 1. The molecule has 4 heteroatoms. The maximum Gasteiger partial charge on any atom is 0.178 e. The number of rotatable bonds is 3. The first-order chi connectivity index (χ1) is 8.83. The predicted octanol–water partition coefficient (Wildman–Crippen LogP) is 2.94. The van der Waals surface area contributed by atoms with Crippen LogP contribution in [0.3, 0.4) is 0 Å². The van der Waals surface area contributed by atoms with Gasteiger partial charge in [-0.2, -0.15) is 0 Å². The third-order valence-electron chi connectivity index (χ3n) is 2.83. The highest BCUT2D eigenvalue weighted by Gasteiger charge is 2.26. The molecule has 1 atom stereocenters. The number of hydrogen-bond acceptors (Lipinski definition) is 4. The Hall–Kier alpha value is -1.68. The zero-order valence-electron chi connectivity index (χ0n) is 9.67. The molecule has 3 rings (SSSR count). The molecule has 0 bridgehead atoms. The SMILES string of the molecule is O=C(Cc1ccoc1)C1CSc2ccccc2O1. The zero-order valence-corrected chi connectivity index (χ0v) is 10.5. The first-order valence-electron chi connectivity index (χ1n) is 5.75. The molecule has 0 fully saturated rings. The molecule has 0 spiro atoms. The molecule has 1 unspecified atom stereocenters. The number of carbonyl (C=O) groups is 1. The number of carbonyl (C=O) groups excluding carboxylic acids is 1. The summed E-state index contributed by atoms with van der Waals surface area (Å²) in [7, 11) is 0. The number of Topliss-reactive ketones (excluding diaryl/α,β-unsaturated/α-hetero) is 1. The Morgan fingerprint density at radius 2 is 2.22 bits per heavy atom. The molecule has 0 amide bonds. The van der Waals surface area contributed by atoms with Crippen LogP contribution in [-0.4, -0.2) is 17.6 Å². The topological polar surface area (TPSA) is 39.4 Å². The molecule has 92 valence electrons. The van der Waals surface area contributed by atoms with E-state index in [0.717, 1.165) is 16.2 Å². The van der Waals surface area contributed by atoms with Crippen LogP contribution in [0.2, 0.25) is 0 Å². The van der Waals surface area contributed by atoms with Gasteiger partial charge in [-0.05, 0) is 23.8 Å². The van der Waals surface area contributed by atoms with Crippen molar-refractivity contribution >= 4 is 17.5 Å². The molecule has 2 aromatic rings. The smallest absolute Gasteiger partial charge is 0.178 e. The third-order valence-corrected chi connectivity index (χ3v) is 3.94. The lowest BCUT2D eigenvalue weighted by molar-refractivity contribution is -0.124. The lowest BCUT2D eigenvalue weighted by Gasteiger charge is -2.24. The van der Waals surface area contributed by atoms with Crippen LogP contribution in [0.5, 0.6) is 5.75 Å². The zero-order chi connectivity index (χ0) is 12.4. The Labute approximate surface area is 109 Å². The van der Waals surface area contributed by atoms with Crippen LogP contribution >= 0.6 is 11.8 Å². The fourth-order valence-corrected chi connectivity index (χ4v) is 2.90. The summed E-state index contributed by atoms with van der Waals surface area (Å²) < 4.78 is 10.7. The second kappa shape index (κ2) is 4.90. The molecule has 2 heterocycles. The molecule has 0 aliphatic carbocycles. The van der Waals surface area contributed by atoms with Gasteiger partial charge in [0.2, 0.25) is 0 Å². The highest BCUT2D eigenvalue weighted by Crippen LogP contribution is 2.35. The minimum absolute atomic E-state index is 0.0957. The van der Waals surface area contributed by atoms with Crippen LogP contribution in [0.4, 0.5) is 0 Å². The molecule has 1 aromatic carbocycles. The molecular formula is C14H12O3S. The lowest BCUT2D eigenvalue weighted by atomic mass is 10.1. The quantitative estimate of drug-likeness (QED) is 0.850. The largest absolute Gasteiger partial charge is 0.481 e. The van der Waals surface area contributed by atoms with Gasteiger partial charge in [-0.1, -0.05) is 12.1 Å². The fraction of sp³-hybridized carbons (Fsp3) is 0.214. The summed E-state index contributed by atoms with van der Waals surface area (Å²) in [4.78, 5) is 13.2. The highest BCUT2D eigenvalue weighted by molar-refractivity contribution is 7.99. The predicted molar refractivity (Wildman–Crippen MR) is 69.0 cm³/mol. The van der Waals surface area contributed by atoms with Gasteiger partial charge < -0.3 is 9.15 Å². The normalized spacial score (nSPS) is 17.9. The lowest BCUT2D eigenvalue weighted by Crippen LogP contribution is -2.33. The summed E-state index contributed by atoms with van der Waals surface area (Å²) in [5.74, 6) is 1.57. The van der Waals surface area contributed by atoms with E-state index in [1.165, 1.54) is 0 Å². The third kappa shape index (κ3) is 2.29. The fourth-order valence-electron chi connectivity index (χ4n) is 1.89. The molecule has 0 saturated heterocycles. The Morgan fingerprint density at radius 3 is 3.06 bits per heavy atom. The van der Waals surface area contributed by atoms with Crippen molar-refractivity contribution in [1.29, 1.82) is 0 Å². The second-order valence-corrected chi connectivity index (χ2v) is 5.20. The van der Waals surface area contributed by atoms with E-state index in [-0.39, 0.29) is 11.9 Å². The molecule has 1 aliphatic heterocycles. The Kier molecular flexibility index (Phi) is 3.11. The Morgan fingerprint density at radius 1 is 1.33 bits per heavy atom. The van der Waals surface area contributed by atoms with E-state index in [1.807, 2.05) is 30.3 Å². The molecule has 1 aliphatic rings. The average molecular weight is 260 g/mol. The van der Waals surface area contributed by atoms with Crippen LogP contribution in [0, 0.1) is 0 Å². The van der Waals surface area contributed by atoms with Crippen molar-refractivity contribution in [3.63, 3.8) is 0 Å². The number of ketones is 1. The van der Waals surface area contributed by atoms with Gasteiger partial charge in [-0.15, -0.1) is 11.8 Å². The van der Waals surface area contributed by atoms with Gasteiger partial charge >= 0.3 is 0 Å². The Bertz CT molecular complexity index is 548. The maximum absolute atomic E-state index is 12.1. The van der Waals surface area contributed by atoms with Crippen molar-refractivity contribution in [3.8, 4) is 5.75 Å². The van der Waals surface area contributed by atoms with Crippen molar-refractivity contribution in [3.05, 3.63) is 48.4 Å². The van der Waals surface area contributed by atoms with Crippen molar-refractivity contribution in [2.45, 2.75) is 17.4 Å². The van der Waals surface area contributed by atoms with E-state index < -0.39 is 0 Å². The van der Waals surface area contributed by atoms with Gasteiger partial charge in [-0.25, -0.2) is 0 Å². The van der Waals surface area contributed by atoms with Crippen LogP contribution in [0.25, 0.3) is 0 Å². The van der Waals surface area contributed by atoms with Crippen molar-refractivity contribution < 1.29 is 13.9 Å². The number of benzene rings is 1. The minimum atomic E-state index is -0.361. The number of fused-ring (bicyclic) bond motifs is 1. The molecule has 1 aromatic heterocycles. The van der Waals surface area contributed by atoms with Crippen LogP contribution < -0.4 is 4.74 Å². The summed E-state index contributed by atoms with van der Waals surface area (Å²) >= 11 is 1.67. The van der Waals surface area contributed by atoms with Crippen LogP contribution in [0.1, 0.15) is 5.56 Å². The van der Waals surface area contributed by atoms with Crippen LogP contribution in [-0.2, 0) is 11.2 Å². The van der Waals surface area contributed by atoms with E-state index in [4.69, 9.17) is 9.15 Å². The standard InChI is InChI=1S/C14H12O3S/c15-11(7-10-5-6-16-8-10)13-9-18-14-4-2-1-3-12(14)17-13/h1-6,8,13H,7,9H2. The van der Waals surface area contributed by atoms with E-state index in [2.05, 4.69) is 0 Å². The van der Waals surface area contributed by atoms with E-state index in [9.17, 15) is 4.79 Å². The summed E-state index contributed by atoms with van der Waals surface area (Å²) in [6.45, 7) is 0. The highest BCUT2D eigenvalue weighted by atomic mass is 32.2. The summed E-state index contributed by atoms with van der Waals surface area (Å²) in [5, 5.41) is 0. The van der Waals surface area contributed by atoms with Gasteiger partial charge in [0.05, 0.1) is 12.5 Å². The minimum Gasteiger partial charge on any atom is -0.481 e. The second-order valence-electron chi connectivity index (χ2n) is 4.14. The molecule has 18 heavy (non-hydrogen) atoms. The van der Waals surface area contributed by atoms with Gasteiger partial charge in [-0.3, -0.25) is 4.79 Å². The maximum atomic E-state index is 12.1. The van der Waals surface area contributed by atoms with Crippen molar-refractivity contribution in [2.75, 3.05) is 5.75 Å². The number of furan rings is 1. The average Bonchev–Trinajstić information content (AvgIpc) is 2.91.